The normalized spacial score (nSPS) is 28.3. The second-order valence-corrected chi connectivity index (χ2v) is 2.37. The van der Waals surface area contributed by atoms with Crippen molar-refractivity contribution >= 4 is 0 Å². The summed E-state index contributed by atoms with van der Waals surface area (Å²) in [6, 6.07) is 0.490. The van der Waals surface area contributed by atoms with Crippen LogP contribution in [0.1, 0.15) is 6.42 Å². The molecule has 1 rings (SSSR count). The summed E-state index contributed by atoms with van der Waals surface area (Å²) in [5.41, 5.74) is 0. The molecule has 0 unspecified atom stereocenters. The van der Waals surface area contributed by atoms with Crippen molar-refractivity contribution in [3.8, 4) is 0 Å². The van der Waals surface area contributed by atoms with Crippen molar-refractivity contribution < 1.29 is 5.11 Å². The van der Waals surface area contributed by atoms with Gasteiger partial charge < -0.3 is 15.7 Å². The Balaban J connectivity index is 2.08. The predicted octanol–water partition coefficient (Wildman–Crippen LogP) is -1.07. The molecule has 54 valence electrons. The van der Waals surface area contributed by atoms with E-state index < -0.39 is 0 Å². The van der Waals surface area contributed by atoms with Gasteiger partial charge in [-0.15, -0.1) is 0 Å². The first-order valence-corrected chi connectivity index (χ1v) is 3.48. The monoisotopic (exact) mass is 130 g/mol. The van der Waals surface area contributed by atoms with Gasteiger partial charge in [-0.1, -0.05) is 0 Å². The van der Waals surface area contributed by atoms with Crippen LogP contribution in [0.25, 0.3) is 0 Å². The highest BCUT2D eigenvalue weighted by Gasteiger charge is 2.09. The molecule has 3 nitrogen and oxygen atoms in total. The van der Waals surface area contributed by atoms with E-state index in [1.54, 1.807) is 0 Å². The highest BCUT2D eigenvalue weighted by molar-refractivity contribution is 4.74. The van der Waals surface area contributed by atoms with Crippen molar-refractivity contribution in [1.29, 1.82) is 0 Å². The minimum absolute atomic E-state index is 0.291. The molecule has 1 saturated heterocycles. The Kier molecular flexibility index (Phi) is 2.97. The van der Waals surface area contributed by atoms with E-state index in [1.165, 1.54) is 0 Å². The molecule has 0 aromatic carbocycles. The molecule has 0 aromatic rings. The lowest BCUT2D eigenvalue weighted by Crippen LogP contribution is -2.48. The number of aliphatic hydroxyl groups is 1. The van der Waals surface area contributed by atoms with E-state index >= 15 is 0 Å². The fourth-order valence-corrected chi connectivity index (χ4v) is 1.07. The van der Waals surface area contributed by atoms with Gasteiger partial charge in [0.25, 0.3) is 0 Å². The first-order chi connectivity index (χ1) is 4.43. The number of rotatable bonds is 2. The molecule has 1 aliphatic rings. The zero-order chi connectivity index (χ0) is 6.53. The first kappa shape index (κ1) is 6.99. The van der Waals surface area contributed by atoms with Crippen LogP contribution in [-0.2, 0) is 0 Å². The van der Waals surface area contributed by atoms with Gasteiger partial charge in [-0.2, -0.15) is 0 Å². The lowest BCUT2D eigenvalue weighted by Gasteiger charge is -2.23. The van der Waals surface area contributed by atoms with Crippen LogP contribution < -0.4 is 10.6 Å². The van der Waals surface area contributed by atoms with Crippen LogP contribution in [0, 0.1) is 0 Å². The van der Waals surface area contributed by atoms with Crippen LogP contribution in [0.2, 0.25) is 0 Å². The Morgan fingerprint density at radius 2 is 2.33 bits per heavy atom. The van der Waals surface area contributed by atoms with E-state index in [4.69, 9.17) is 5.11 Å². The van der Waals surface area contributed by atoms with E-state index in [2.05, 4.69) is 10.6 Å². The number of aliphatic hydroxyl groups excluding tert-OH is 1. The molecule has 1 heterocycles. The van der Waals surface area contributed by atoms with Gasteiger partial charge >= 0.3 is 0 Å². The molecule has 0 radical (unpaired) electrons. The summed E-state index contributed by atoms with van der Waals surface area (Å²) in [5.74, 6) is 0. The van der Waals surface area contributed by atoms with E-state index in [1.807, 2.05) is 0 Å². The van der Waals surface area contributed by atoms with E-state index in [9.17, 15) is 0 Å². The molecule has 3 heteroatoms. The molecule has 1 aliphatic heterocycles. The van der Waals surface area contributed by atoms with Gasteiger partial charge in [0.05, 0.1) is 0 Å². The first-order valence-electron chi connectivity index (χ1n) is 3.48. The molecule has 0 spiro atoms. The number of piperazine rings is 1. The molecule has 0 aliphatic carbocycles. The maximum Gasteiger partial charge on any atom is 0.0446 e. The highest BCUT2D eigenvalue weighted by Crippen LogP contribution is 1.91. The van der Waals surface area contributed by atoms with Gasteiger partial charge in [0, 0.05) is 32.3 Å². The minimum Gasteiger partial charge on any atom is -0.396 e. The second-order valence-electron chi connectivity index (χ2n) is 2.37. The molecule has 3 N–H and O–H groups in total. The van der Waals surface area contributed by atoms with Gasteiger partial charge in [0.1, 0.15) is 0 Å². The summed E-state index contributed by atoms with van der Waals surface area (Å²) >= 11 is 0. The van der Waals surface area contributed by atoms with Gasteiger partial charge in [0.15, 0.2) is 0 Å². The fourth-order valence-electron chi connectivity index (χ4n) is 1.07. The van der Waals surface area contributed by atoms with Crippen LogP contribution in [0.5, 0.6) is 0 Å². The SMILES string of the molecule is OCC[C@@H]1CNCCN1. The van der Waals surface area contributed by atoms with Crippen molar-refractivity contribution in [3.05, 3.63) is 0 Å². The number of nitrogens with one attached hydrogen (secondary N) is 2. The standard InChI is InChI=1S/C6H14N2O/c9-4-1-6-5-7-2-3-8-6/h6-9H,1-5H2/t6-/m1/s1. The summed E-state index contributed by atoms with van der Waals surface area (Å²) in [4.78, 5) is 0. The summed E-state index contributed by atoms with van der Waals surface area (Å²) in [7, 11) is 0. The highest BCUT2D eigenvalue weighted by atomic mass is 16.3. The molecular weight excluding hydrogens is 116 g/mol. The quantitative estimate of drug-likeness (QED) is 0.446. The van der Waals surface area contributed by atoms with E-state index in [0.29, 0.717) is 12.6 Å². The van der Waals surface area contributed by atoms with Crippen molar-refractivity contribution in [2.75, 3.05) is 26.2 Å². The second kappa shape index (κ2) is 3.82. The minimum atomic E-state index is 0.291. The molecule has 0 bridgehead atoms. The third-order valence-electron chi connectivity index (χ3n) is 1.60. The summed E-state index contributed by atoms with van der Waals surface area (Å²) in [6.45, 7) is 3.38. The Bertz CT molecular complexity index is 68.7. The Hall–Kier alpha value is -0.120. The average molecular weight is 130 g/mol. The van der Waals surface area contributed by atoms with Crippen LogP contribution in [-0.4, -0.2) is 37.4 Å². The number of hydrogen-bond acceptors (Lipinski definition) is 3. The van der Waals surface area contributed by atoms with Crippen molar-refractivity contribution in [2.45, 2.75) is 12.5 Å². The molecule has 0 amide bonds. The van der Waals surface area contributed by atoms with Gasteiger partial charge in [-0.05, 0) is 6.42 Å². The zero-order valence-corrected chi connectivity index (χ0v) is 5.56. The third kappa shape index (κ3) is 2.30. The van der Waals surface area contributed by atoms with Gasteiger partial charge in [0.2, 0.25) is 0 Å². The molecule has 9 heavy (non-hydrogen) atoms. The van der Waals surface area contributed by atoms with Gasteiger partial charge in [-0.3, -0.25) is 0 Å². The van der Waals surface area contributed by atoms with Crippen LogP contribution in [0.4, 0.5) is 0 Å². The smallest absolute Gasteiger partial charge is 0.0446 e. The Morgan fingerprint density at radius 1 is 1.44 bits per heavy atom. The largest absolute Gasteiger partial charge is 0.396 e. The van der Waals surface area contributed by atoms with Gasteiger partial charge in [-0.25, -0.2) is 0 Å². The average Bonchev–Trinajstić information content (AvgIpc) is 1.91. The Labute approximate surface area is 55.5 Å². The van der Waals surface area contributed by atoms with Crippen molar-refractivity contribution in [2.24, 2.45) is 0 Å². The molecule has 1 atom stereocenters. The van der Waals surface area contributed by atoms with Crippen LogP contribution in [0.15, 0.2) is 0 Å². The zero-order valence-electron chi connectivity index (χ0n) is 5.56. The van der Waals surface area contributed by atoms with Crippen LogP contribution >= 0.6 is 0 Å². The van der Waals surface area contributed by atoms with Crippen molar-refractivity contribution in [1.82, 2.24) is 10.6 Å². The molecule has 1 fully saturated rings. The maximum absolute atomic E-state index is 8.55. The van der Waals surface area contributed by atoms with Crippen molar-refractivity contribution in [3.63, 3.8) is 0 Å². The van der Waals surface area contributed by atoms with E-state index in [0.717, 1.165) is 26.1 Å². The fraction of sp³-hybridized carbons (Fsp3) is 1.00. The van der Waals surface area contributed by atoms with E-state index in [-0.39, 0.29) is 0 Å². The Morgan fingerprint density at radius 3 is 2.89 bits per heavy atom. The maximum atomic E-state index is 8.55. The molecular formula is C6H14N2O. The summed E-state index contributed by atoms with van der Waals surface area (Å²) < 4.78 is 0. The summed E-state index contributed by atoms with van der Waals surface area (Å²) in [5, 5.41) is 15.1. The molecule has 0 saturated carbocycles. The molecule has 0 aromatic heterocycles. The van der Waals surface area contributed by atoms with Crippen LogP contribution in [0.3, 0.4) is 0 Å². The lowest BCUT2D eigenvalue weighted by molar-refractivity contribution is 0.255. The summed E-state index contributed by atoms with van der Waals surface area (Å²) in [6.07, 6.45) is 0.868. The topological polar surface area (TPSA) is 44.3 Å². The third-order valence-corrected chi connectivity index (χ3v) is 1.60. The lowest BCUT2D eigenvalue weighted by atomic mass is 10.2. The number of hydrogen-bond donors (Lipinski definition) is 3. The predicted molar refractivity (Wildman–Crippen MR) is 36.4 cm³/mol.